The lowest BCUT2D eigenvalue weighted by Gasteiger charge is -2.33. The van der Waals surface area contributed by atoms with E-state index < -0.39 is 11.6 Å². The number of ether oxygens (including phenoxy) is 2. The predicted molar refractivity (Wildman–Crippen MR) is 90.3 cm³/mol. The molecule has 0 saturated heterocycles. The summed E-state index contributed by atoms with van der Waals surface area (Å²) in [4.78, 5) is 13.0. The Hall–Kier alpha value is -2.02. The summed E-state index contributed by atoms with van der Waals surface area (Å²) in [6, 6.07) is 5.34. The van der Waals surface area contributed by atoms with Crippen molar-refractivity contribution >= 4 is 29.0 Å². The minimum Gasteiger partial charge on any atom is -0.494 e. The maximum Gasteiger partial charge on any atom is 0.408 e. The zero-order valence-corrected chi connectivity index (χ0v) is 14.3. The van der Waals surface area contributed by atoms with Crippen LogP contribution in [0.4, 0.5) is 10.5 Å². The van der Waals surface area contributed by atoms with Crippen molar-refractivity contribution < 1.29 is 19.4 Å². The molecule has 2 N–H and O–H groups in total. The van der Waals surface area contributed by atoms with E-state index in [9.17, 15) is 9.90 Å². The van der Waals surface area contributed by atoms with E-state index >= 15 is 0 Å². The van der Waals surface area contributed by atoms with Crippen molar-refractivity contribution in [2.24, 2.45) is 0 Å². The monoisotopic (exact) mass is 326 g/mol. The molecule has 0 aliphatic rings. The summed E-state index contributed by atoms with van der Waals surface area (Å²) >= 11 is 5.29. The molecule has 0 atom stereocenters. The van der Waals surface area contributed by atoms with Gasteiger partial charge in [0.1, 0.15) is 17.2 Å². The Morgan fingerprint density at radius 2 is 1.77 bits per heavy atom. The Kier molecular flexibility index (Phi) is 5.99. The molecule has 0 unspecified atom stereocenters. The van der Waals surface area contributed by atoms with Crippen molar-refractivity contribution in [1.82, 2.24) is 4.90 Å². The highest BCUT2D eigenvalue weighted by atomic mass is 32.1. The Morgan fingerprint density at radius 3 is 2.14 bits per heavy atom. The molecule has 0 bridgehead atoms. The second kappa shape index (κ2) is 7.31. The lowest BCUT2D eigenvalue weighted by atomic mass is 10.1. The van der Waals surface area contributed by atoms with Crippen LogP contribution in [0.25, 0.3) is 0 Å². The minimum atomic E-state index is -1.02. The Morgan fingerprint density at radius 1 is 1.27 bits per heavy atom. The van der Waals surface area contributed by atoms with Crippen LogP contribution in [0, 0.1) is 0 Å². The number of carbonyl (C=O) groups is 1. The van der Waals surface area contributed by atoms with Crippen LogP contribution in [0.5, 0.6) is 11.5 Å². The number of nitrogens with one attached hydrogen (secondary N) is 1. The smallest absolute Gasteiger partial charge is 0.408 e. The number of carboxylic acid groups (broad SMARTS) is 1. The highest BCUT2D eigenvalue weighted by Crippen LogP contribution is 2.34. The first-order valence-corrected chi connectivity index (χ1v) is 7.13. The van der Waals surface area contributed by atoms with Crippen LogP contribution < -0.4 is 14.8 Å². The zero-order chi connectivity index (χ0) is 16.9. The van der Waals surface area contributed by atoms with Gasteiger partial charge < -0.3 is 19.9 Å². The van der Waals surface area contributed by atoms with Gasteiger partial charge in [0.05, 0.1) is 25.8 Å². The number of thiocarbonyl (C=S) groups is 1. The molecule has 0 aliphatic heterocycles. The number of hydrogen-bond acceptors (Lipinski definition) is 4. The summed E-state index contributed by atoms with van der Waals surface area (Å²) in [5.41, 5.74) is 0.0272. The van der Waals surface area contributed by atoms with Gasteiger partial charge in [0.15, 0.2) is 0 Å². The van der Waals surface area contributed by atoms with E-state index in [0.29, 0.717) is 22.2 Å². The first-order chi connectivity index (χ1) is 10.2. The molecule has 0 heterocycles. The maximum absolute atomic E-state index is 11.4. The molecule has 0 aromatic heterocycles. The van der Waals surface area contributed by atoms with Gasteiger partial charge in [-0.15, -0.1) is 0 Å². The van der Waals surface area contributed by atoms with Crippen molar-refractivity contribution in [2.45, 2.75) is 26.3 Å². The molecule has 0 radical (unpaired) electrons. The quantitative estimate of drug-likeness (QED) is 0.810. The molecular formula is C15H22N2O4S. The van der Waals surface area contributed by atoms with Crippen molar-refractivity contribution in [3.05, 3.63) is 18.2 Å². The molecule has 0 fully saturated rings. The fourth-order valence-corrected chi connectivity index (χ4v) is 2.12. The molecule has 1 amide bonds. The lowest BCUT2D eigenvalue weighted by molar-refractivity contribution is 0.111. The van der Waals surface area contributed by atoms with E-state index in [-0.39, 0.29) is 6.54 Å². The van der Waals surface area contributed by atoms with E-state index in [1.165, 1.54) is 4.90 Å². The van der Waals surface area contributed by atoms with Gasteiger partial charge in [0.2, 0.25) is 0 Å². The third-order valence-corrected chi connectivity index (χ3v) is 3.27. The third-order valence-electron chi connectivity index (χ3n) is 3.03. The zero-order valence-electron chi connectivity index (χ0n) is 13.5. The third kappa shape index (κ3) is 4.49. The van der Waals surface area contributed by atoms with Gasteiger partial charge in [-0.2, -0.15) is 0 Å². The average Bonchev–Trinajstić information content (AvgIpc) is 2.43. The number of amides is 1. The first-order valence-electron chi connectivity index (χ1n) is 6.72. The molecule has 122 valence electrons. The number of para-hydroxylation sites is 1. The lowest BCUT2D eigenvalue weighted by Crippen LogP contribution is -2.48. The van der Waals surface area contributed by atoms with Crippen LogP contribution in [0.2, 0.25) is 0 Å². The van der Waals surface area contributed by atoms with Crippen LogP contribution in [-0.2, 0) is 0 Å². The van der Waals surface area contributed by atoms with E-state index in [2.05, 4.69) is 5.32 Å². The largest absolute Gasteiger partial charge is 0.494 e. The Labute approximate surface area is 136 Å². The van der Waals surface area contributed by atoms with E-state index in [1.54, 1.807) is 32.4 Å². The van der Waals surface area contributed by atoms with Crippen molar-refractivity contribution in [3.63, 3.8) is 0 Å². The van der Waals surface area contributed by atoms with E-state index in [0.717, 1.165) is 0 Å². The SMILES string of the molecule is COc1cccc(OC)c1NC(=S)CN(C(=O)O)C(C)(C)C. The first kappa shape index (κ1) is 18.0. The molecule has 1 aromatic carbocycles. The number of hydrogen-bond donors (Lipinski definition) is 2. The fraction of sp³-hybridized carbons (Fsp3) is 0.467. The van der Waals surface area contributed by atoms with Gasteiger partial charge >= 0.3 is 6.09 Å². The number of anilines is 1. The summed E-state index contributed by atoms with van der Waals surface area (Å²) in [6.07, 6.45) is -1.02. The van der Waals surface area contributed by atoms with Gasteiger partial charge in [-0.1, -0.05) is 18.3 Å². The number of benzene rings is 1. The van der Waals surface area contributed by atoms with Crippen LogP contribution in [0.15, 0.2) is 18.2 Å². The second-order valence-electron chi connectivity index (χ2n) is 5.63. The molecule has 0 spiro atoms. The number of nitrogens with zero attached hydrogens (tertiary/aromatic N) is 1. The molecule has 1 aromatic rings. The van der Waals surface area contributed by atoms with Crippen molar-refractivity contribution in [2.75, 3.05) is 26.1 Å². The predicted octanol–water partition coefficient (Wildman–Crippen LogP) is 3.22. The summed E-state index contributed by atoms with van der Waals surface area (Å²) in [5.74, 6) is 1.14. The van der Waals surface area contributed by atoms with Gasteiger partial charge in [-0.3, -0.25) is 4.90 Å². The van der Waals surface area contributed by atoms with Crippen LogP contribution in [0.3, 0.4) is 0 Å². The molecular weight excluding hydrogens is 304 g/mol. The van der Waals surface area contributed by atoms with Crippen LogP contribution in [-0.4, -0.2) is 47.4 Å². The van der Waals surface area contributed by atoms with Crippen LogP contribution >= 0.6 is 12.2 Å². The average molecular weight is 326 g/mol. The molecule has 22 heavy (non-hydrogen) atoms. The number of methoxy groups -OCH3 is 2. The van der Waals surface area contributed by atoms with Gasteiger partial charge in [-0.25, -0.2) is 4.79 Å². The van der Waals surface area contributed by atoms with Crippen molar-refractivity contribution in [1.29, 1.82) is 0 Å². The summed E-state index contributed by atoms with van der Waals surface area (Å²) in [5, 5.41) is 12.3. The Bertz CT molecular complexity index is 533. The molecule has 6 nitrogen and oxygen atoms in total. The van der Waals surface area contributed by atoms with E-state index in [4.69, 9.17) is 21.7 Å². The van der Waals surface area contributed by atoms with Crippen LogP contribution in [0.1, 0.15) is 20.8 Å². The maximum atomic E-state index is 11.4. The van der Waals surface area contributed by atoms with Gasteiger partial charge in [0.25, 0.3) is 0 Å². The fourth-order valence-electron chi connectivity index (χ4n) is 1.89. The van der Waals surface area contributed by atoms with E-state index in [1.807, 2.05) is 20.8 Å². The molecule has 0 aliphatic carbocycles. The summed E-state index contributed by atoms with van der Waals surface area (Å²) in [6.45, 7) is 5.52. The standard InChI is InChI=1S/C15H22N2O4S/c1-15(2,3)17(14(18)19)9-12(22)16-13-10(20-4)7-6-8-11(13)21-5/h6-8H,9H2,1-5H3,(H,16,22)(H,18,19). The normalized spacial score (nSPS) is 10.8. The molecule has 7 heteroatoms. The Balaban J connectivity index is 2.96. The van der Waals surface area contributed by atoms with Crippen molar-refractivity contribution in [3.8, 4) is 11.5 Å². The van der Waals surface area contributed by atoms with Gasteiger partial charge in [0, 0.05) is 5.54 Å². The summed E-state index contributed by atoms with van der Waals surface area (Å²) < 4.78 is 10.6. The minimum absolute atomic E-state index is 0.0787. The second-order valence-corrected chi connectivity index (χ2v) is 6.12. The molecule has 1 rings (SSSR count). The highest BCUT2D eigenvalue weighted by molar-refractivity contribution is 7.80. The highest BCUT2D eigenvalue weighted by Gasteiger charge is 2.27. The summed E-state index contributed by atoms with van der Waals surface area (Å²) in [7, 11) is 3.09. The topological polar surface area (TPSA) is 71.0 Å². The van der Waals surface area contributed by atoms with Gasteiger partial charge in [-0.05, 0) is 32.9 Å². The number of rotatable bonds is 5. The molecule has 0 saturated carbocycles.